The minimum atomic E-state index is -0.859. The van der Waals surface area contributed by atoms with E-state index in [-0.39, 0.29) is 0 Å². The van der Waals surface area contributed by atoms with Crippen LogP contribution < -0.4 is 5.32 Å². The van der Waals surface area contributed by atoms with Gasteiger partial charge in [-0.25, -0.2) is 4.79 Å². The first kappa shape index (κ1) is 14.1. The van der Waals surface area contributed by atoms with E-state index in [0.29, 0.717) is 11.6 Å². The molecule has 0 bridgehead atoms. The molecule has 3 heteroatoms. The number of carbonyl (C=O) groups is 1. The lowest BCUT2D eigenvalue weighted by Gasteiger charge is -2.32. The fourth-order valence-corrected chi connectivity index (χ4v) is 3.19. The molecule has 104 valence electrons. The van der Waals surface area contributed by atoms with Crippen LogP contribution in [0, 0.1) is 11.8 Å². The molecular weight excluding hydrogens is 238 g/mol. The van der Waals surface area contributed by atoms with Gasteiger partial charge in [-0.1, -0.05) is 26.0 Å². The van der Waals surface area contributed by atoms with E-state index in [4.69, 9.17) is 5.11 Å². The Hall–Kier alpha value is -1.35. The maximum absolute atomic E-state index is 10.9. The van der Waals surface area contributed by atoms with Crippen molar-refractivity contribution in [3.05, 3.63) is 35.4 Å². The van der Waals surface area contributed by atoms with Gasteiger partial charge in [0, 0.05) is 12.6 Å². The van der Waals surface area contributed by atoms with E-state index in [2.05, 4.69) is 19.2 Å². The average molecular weight is 261 g/mol. The predicted molar refractivity (Wildman–Crippen MR) is 76.2 cm³/mol. The van der Waals surface area contributed by atoms with Crippen LogP contribution in [-0.4, -0.2) is 17.1 Å². The molecule has 0 aliphatic heterocycles. The fraction of sp³-hybridized carbons (Fsp3) is 0.562. The van der Waals surface area contributed by atoms with Crippen LogP contribution in [-0.2, 0) is 6.54 Å². The third-order valence-electron chi connectivity index (χ3n) is 3.95. The SMILES string of the molecule is CC1CC(C)CC(NCc2cccc(C(=O)O)c2)C1. The quantitative estimate of drug-likeness (QED) is 0.874. The van der Waals surface area contributed by atoms with E-state index in [0.717, 1.165) is 23.9 Å². The Bertz CT molecular complexity index is 434. The van der Waals surface area contributed by atoms with Crippen molar-refractivity contribution < 1.29 is 9.90 Å². The first-order chi connectivity index (χ1) is 9.04. The number of rotatable bonds is 4. The normalized spacial score (nSPS) is 27.2. The molecule has 2 unspecified atom stereocenters. The van der Waals surface area contributed by atoms with Crippen LogP contribution in [0.5, 0.6) is 0 Å². The molecule has 1 aromatic rings. The zero-order valence-electron chi connectivity index (χ0n) is 11.7. The lowest BCUT2D eigenvalue weighted by Crippen LogP contribution is -2.35. The maximum Gasteiger partial charge on any atom is 0.335 e. The second-order valence-electron chi connectivity index (χ2n) is 6.00. The van der Waals surface area contributed by atoms with Gasteiger partial charge in [-0.15, -0.1) is 0 Å². The van der Waals surface area contributed by atoms with Crippen LogP contribution in [0.15, 0.2) is 24.3 Å². The molecule has 2 rings (SSSR count). The molecule has 3 nitrogen and oxygen atoms in total. The van der Waals surface area contributed by atoms with Crippen molar-refractivity contribution in [3.8, 4) is 0 Å². The molecule has 2 N–H and O–H groups in total. The Morgan fingerprint density at radius 1 is 1.26 bits per heavy atom. The van der Waals surface area contributed by atoms with Crippen molar-refractivity contribution in [3.63, 3.8) is 0 Å². The van der Waals surface area contributed by atoms with E-state index < -0.39 is 5.97 Å². The zero-order valence-corrected chi connectivity index (χ0v) is 11.7. The van der Waals surface area contributed by atoms with Crippen LogP contribution in [0.4, 0.5) is 0 Å². The van der Waals surface area contributed by atoms with Gasteiger partial charge in [0.1, 0.15) is 0 Å². The Kier molecular flexibility index (Phi) is 4.59. The van der Waals surface area contributed by atoms with Crippen LogP contribution in [0.2, 0.25) is 0 Å². The van der Waals surface area contributed by atoms with Gasteiger partial charge in [-0.05, 0) is 48.8 Å². The van der Waals surface area contributed by atoms with E-state index in [1.165, 1.54) is 19.3 Å². The molecule has 1 aliphatic rings. The summed E-state index contributed by atoms with van der Waals surface area (Å²) in [6.07, 6.45) is 3.78. The predicted octanol–water partition coefficient (Wildman–Crippen LogP) is 3.30. The third-order valence-corrected chi connectivity index (χ3v) is 3.95. The Labute approximate surface area is 115 Å². The molecule has 1 saturated carbocycles. The standard InChI is InChI=1S/C16H23NO2/c1-11-6-12(2)8-15(7-11)17-10-13-4-3-5-14(9-13)16(18)19/h3-5,9,11-12,15,17H,6-8,10H2,1-2H3,(H,18,19). The number of carboxylic acid groups (broad SMARTS) is 1. The second-order valence-corrected chi connectivity index (χ2v) is 6.00. The van der Waals surface area contributed by atoms with Gasteiger partial charge in [-0.2, -0.15) is 0 Å². The summed E-state index contributed by atoms with van der Waals surface area (Å²) in [5.74, 6) is 0.708. The molecule has 2 atom stereocenters. The Morgan fingerprint density at radius 2 is 1.95 bits per heavy atom. The van der Waals surface area contributed by atoms with Crippen molar-refractivity contribution in [2.24, 2.45) is 11.8 Å². The van der Waals surface area contributed by atoms with Gasteiger partial charge in [0.05, 0.1) is 5.56 Å². The highest BCUT2D eigenvalue weighted by Crippen LogP contribution is 2.28. The second kappa shape index (κ2) is 6.20. The number of aromatic carboxylic acids is 1. The highest BCUT2D eigenvalue weighted by atomic mass is 16.4. The lowest BCUT2D eigenvalue weighted by molar-refractivity contribution is 0.0696. The van der Waals surface area contributed by atoms with Crippen molar-refractivity contribution in [2.75, 3.05) is 0 Å². The van der Waals surface area contributed by atoms with Crippen molar-refractivity contribution in [2.45, 2.75) is 45.7 Å². The minimum Gasteiger partial charge on any atom is -0.478 e. The number of carboxylic acids is 1. The largest absolute Gasteiger partial charge is 0.478 e. The molecule has 0 heterocycles. The third kappa shape index (κ3) is 4.06. The first-order valence-corrected chi connectivity index (χ1v) is 7.10. The molecular formula is C16H23NO2. The highest BCUT2D eigenvalue weighted by Gasteiger charge is 2.23. The molecule has 0 amide bonds. The summed E-state index contributed by atoms with van der Waals surface area (Å²) >= 11 is 0. The van der Waals surface area contributed by atoms with Gasteiger partial charge in [0.2, 0.25) is 0 Å². The highest BCUT2D eigenvalue weighted by molar-refractivity contribution is 5.87. The fourth-order valence-electron chi connectivity index (χ4n) is 3.19. The van der Waals surface area contributed by atoms with Crippen molar-refractivity contribution >= 4 is 5.97 Å². The molecule has 0 spiro atoms. The number of hydrogen-bond acceptors (Lipinski definition) is 2. The molecule has 19 heavy (non-hydrogen) atoms. The van der Waals surface area contributed by atoms with Crippen molar-refractivity contribution in [1.82, 2.24) is 5.32 Å². The molecule has 1 fully saturated rings. The minimum absolute atomic E-state index is 0.365. The summed E-state index contributed by atoms with van der Waals surface area (Å²) < 4.78 is 0. The molecule has 1 aromatic carbocycles. The van der Waals surface area contributed by atoms with Crippen LogP contribution in [0.3, 0.4) is 0 Å². The van der Waals surface area contributed by atoms with E-state index in [1.807, 2.05) is 12.1 Å². The van der Waals surface area contributed by atoms with E-state index in [1.54, 1.807) is 12.1 Å². The maximum atomic E-state index is 10.9. The number of benzene rings is 1. The average Bonchev–Trinajstić information content (AvgIpc) is 2.35. The van der Waals surface area contributed by atoms with Crippen molar-refractivity contribution in [1.29, 1.82) is 0 Å². The smallest absolute Gasteiger partial charge is 0.335 e. The first-order valence-electron chi connectivity index (χ1n) is 7.10. The number of hydrogen-bond donors (Lipinski definition) is 2. The molecule has 1 aliphatic carbocycles. The van der Waals surface area contributed by atoms with Gasteiger partial charge in [-0.3, -0.25) is 0 Å². The monoisotopic (exact) mass is 261 g/mol. The topological polar surface area (TPSA) is 49.3 Å². The Balaban J connectivity index is 1.91. The van der Waals surface area contributed by atoms with Gasteiger partial charge in [0.25, 0.3) is 0 Å². The summed E-state index contributed by atoms with van der Waals surface area (Å²) in [6.45, 7) is 5.38. The summed E-state index contributed by atoms with van der Waals surface area (Å²) in [5.41, 5.74) is 1.41. The van der Waals surface area contributed by atoms with Crippen LogP contribution in [0.25, 0.3) is 0 Å². The lowest BCUT2D eigenvalue weighted by atomic mass is 9.80. The summed E-state index contributed by atoms with van der Waals surface area (Å²) in [4.78, 5) is 10.9. The van der Waals surface area contributed by atoms with E-state index in [9.17, 15) is 4.79 Å². The summed E-state index contributed by atoms with van der Waals surface area (Å²) in [7, 11) is 0. The molecule has 0 saturated heterocycles. The van der Waals surface area contributed by atoms with Crippen LogP contribution >= 0.6 is 0 Å². The van der Waals surface area contributed by atoms with E-state index >= 15 is 0 Å². The van der Waals surface area contributed by atoms with Gasteiger partial charge >= 0.3 is 5.97 Å². The summed E-state index contributed by atoms with van der Waals surface area (Å²) in [6, 6.07) is 7.75. The Morgan fingerprint density at radius 3 is 2.58 bits per heavy atom. The van der Waals surface area contributed by atoms with Crippen LogP contribution in [0.1, 0.15) is 49.0 Å². The zero-order chi connectivity index (χ0) is 13.8. The molecule has 0 aromatic heterocycles. The van der Waals surface area contributed by atoms with Gasteiger partial charge < -0.3 is 10.4 Å². The summed E-state index contributed by atoms with van der Waals surface area (Å²) in [5, 5.41) is 12.5. The number of nitrogens with one attached hydrogen (secondary N) is 1. The molecule has 0 radical (unpaired) electrons. The van der Waals surface area contributed by atoms with Gasteiger partial charge in [0.15, 0.2) is 0 Å².